The van der Waals surface area contributed by atoms with E-state index in [-0.39, 0.29) is 17.2 Å². The lowest BCUT2D eigenvalue weighted by Crippen LogP contribution is -2.36. The molecule has 8 heteroatoms. The molecule has 0 aliphatic carbocycles. The van der Waals surface area contributed by atoms with Crippen LogP contribution in [0.15, 0.2) is 84.9 Å². The van der Waals surface area contributed by atoms with Crippen molar-refractivity contribution in [3.05, 3.63) is 113 Å². The molecule has 3 heterocycles. The van der Waals surface area contributed by atoms with Gasteiger partial charge in [-0.1, -0.05) is 36.4 Å². The van der Waals surface area contributed by atoms with Gasteiger partial charge in [0, 0.05) is 36.4 Å². The number of nitrogens with one attached hydrogen (secondary N) is 1. The number of halogens is 1. The minimum atomic E-state index is -0.806. The molecule has 200 valence electrons. The topological polar surface area (TPSA) is 81.7 Å². The molecule has 2 aliphatic rings. The van der Waals surface area contributed by atoms with Crippen molar-refractivity contribution in [2.24, 2.45) is 0 Å². The normalized spacial score (nSPS) is 16.0. The number of benzene rings is 4. The summed E-state index contributed by atoms with van der Waals surface area (Å²) in [6, 6.07) is 24.8. The number of aromatic nitrogens is 2. The first-order valence-electron chi connectivity index (χ1n) is 13.4. The fourth-order valence-electron chi connectivity index (χ4n) is 5.71. The molecule has 7 nitrogen and oxygen atoms in total. The number of carbonyl (C=O) groups excluding carboxylic acids is 1. The standard InChI is InChI=1S/C32H27FN4O3/c33-23-9-12-29(38)26(18-23)30(31-34-27-3-1-2-4-28(27)35-31)37-19-22-6-5-21(17-25(22)32(37)39)20-7-10-24(11-8-20)36-13-15-40-16-14-36/h1-12,17-18,30,38H,13-16,19H2,(H,34,35). The van der Waals surface area contributed by atoms with Gasteiger partial charge in [0.05, 0.1) is 24.2 Å². The van der Waals surface area contributed by atoms with E-state index in [1.807, 2.05) is 42.5 Å². The Bertz CT molecular complexity index is 1690. The number of H-pyrrole nitrogens is 1. The van der Waals surface area contributed by atoms with E-state index in [9.17, 15) is 14.3 Å². The van der Waals surface area contributed by atoms with Crippen molar-refractivity contribution in [1.29, 1.82) is 0 Å². The number of amides is 1. The third-order valence-electron chi connectivity index (χ3n) is 7.78. The Hall–Kier alpha value is -4.69. The molecule has 2 aliphatic heterocycles. The molecule has 5 aromatic rings. The minimum absolute atomic E-state index is 0.100. The Morgan fingerprint density at radius 1 is 0.925 bits per heavy atom. The number of aromatic amines is 1. The van der Waals surface area contributed by atoms with E-state index in [2.05, 4.69) is 34.1 Å². The van der Waals surface area contributed by atoms with Gasteiger partial charge in [0.25, 0.3) is 5.91 Å². The smallest absolute Gasteiger partial charge is 0.255 e. The van der Waals surface area contributed by atoms with Crippen molar-refractivity contribution in [2.75, 3.05) is 31.2 Å². The molecule has 0 saturated carbocycles. The molecule has 2 N–H and O–H groups in total. The first-order valence-corrected chi connectivity index (χ1v) is 13.4. The highest BCUT2D eigenvalue weighted by atomic mass is 19.1. The summed E-state index contributed by atoms with van der Waals surface area (Å²) in [4.78, 5) is 25.9. The lowest BCUT2D eigenvalue weighted by Gasteiger charge is -2.28. The van der Waals surface area contributed by atoms with E-state index in [1.54, 1.807) is 4.90 Å². The molecule has 0 spiro atoms. The molecule has 1 saturated heterocycles. The highest BCUT2D eigenvalue weighted by molar-refractivity contribution is 6.00. The van der Waals surface area contributed by atoms with Crippen LogP contribution in [-0.2, 0) is 11.3 Å². The highest BCUT2D eigenvalue weighted by Gasteiger charge is 2.37. The first kappa shape index (κ1) is 24.4. The van der Waals surface area contributed by atoms with Gasteiger partial charge in [0.15, 0.2) is 0 Å². The second-order valence-corrected chi connectivity index (χ2v) is 10.2. The molecule has 1 amide bonds. The number of morpholine rings is 1. The van der Waals surface area contributed by atoms with Gasteiger partial charge in [-0.05, 0) is 65.2 Å². The van der Waals surface area contributed by atoms with Crippen LogP contribution in [0.1, 0.15) is 33.4 Å². The number of hydrogen-bond acceptors (Lipinski definition) is 5. The van der Waals surface area contributed by atoms with Crippen LogP contribution in [0.4, 0.5) is 10.1 Å². The number of hydrogen-bond donors (Lipinski definition) is 2. The Labute approximate surface area is 230 Å². The summed E-state index contributed by atoms with van der Waals surface area (Å²) in [5, 5.41) is 10.8. The summed E-state index contributed by atoms with van der Waals surface area (Å²) in [5.74, 6) is -0.337. The molecular weight excluding hydrogens is 507 g/mol. The van der Waals surface area contributed by atoms with Gasteiger partial charge in [-0.15, -0.1) is 0 Å². The number of carbonyl (C=O) groups is 1. The number of phenolic OH excluding ortho intramolecular Hbond substituents is 1. The zero-order valence-electron chi connectivity index (χ0n) is 21.7. The molecule has 1 atom stereocenters. The number of phenols is 1. The monoisotopic (exact) mass is 534 g/mol. The fourth-order valence-corrected chi connectivity index (χ4v) is 5.71. The van der Waals surface area contributed by atoms with Crippen LogP contribution in [0.3, 0.4) is 0 Å². The van der Waals surface area contributed by atoms with Crippen molar-refractivity contribution >= 4 is 22.6 Å². The average Bonchev–Trinajstić information content (AvgIpc) is 3.56. The van der Waals surface area contributed by atoms with E-state index >= 15 is 0 Å². The fraction of sp³-hybridized carbons (Fsp3) is 0.188. The van der Waals surface area contributed by atoms with Crippen LogP contribution < -0.4 is 4.90 Å². The van der Waals surface area contributed by atoms with Crippen LogP contribution in [0.2, 0.25) is 0 Å². The molecule has 0 radical (unpaired) electrons. The van der Waals surface area contributed by atoms with Gasteiger partial charge in [0.1, 0.15) is 23.4 Å². The maximum atomic E-state index is 14.4. The largest absolute Gasteiger partial charge is 0.508 e. The number of anilines is 1. The number of aromatic hydroxyl groups is 1. The first-order chi connectivity index (χ1) is 19.5. The Balaban J connectivity index is 1.24. The predicted octanol–water partition coefficient (Wildman–Crippen LogP) is 5.66. The van der Waals surface area contributed by atoms with E-state index in [4.69, 9.17) is 9.72 Å². The summed E-state index contributed by atoms with van der Waals surface area (Å²) < 4.78 is 19.9. The van der Waals surface area contributed by atoms with E-state index in [0.29, 0.717) is 17.9 Å². The van der Waals surface area contributed by atoms with Crippen molar-refractivity contribution < 1.29 is 19.0 Å². The number of ether oxygens (including phenoxy) is 1. The van der Waals surface area contributed by atoms with Crippen LogP contribution >= 0.6 is 0 Å². The SMILES string of the molecule is O=C1c2cc(-c3ccc(N4CCOCC4)cc3)ccc2CN1C(c1nc2ccccc2[nH]1)c1cc(F)ccc1O. The average molecular weight is 535 g/mol. The molecule has 1 aromatic heterocycles. The number of fused-ring (bicyclic) bond motifs is 2. The maximum Gasteiger partial charge on any atom is 0.255 e. The van der Waals surface area contributed by atoms with E-state index in [0.717, 1.165) is 59.7 Å². The molecule has 7 rings (SSSR count). The van der Waals surface area contributed by atoms with E-state index in [1.165, 1.54) is 18.2 Å². The van der Waals surface area contributed by atoms with Crippen molar-refractivity contribution in [3.63, 3.8) is 0 Å². The minimum Gasteiger partial charge on any atom is -0.508 e. The Morgan fingerprint density at radius 3 is 2.50 bits per heavy atom. The van der Waals surface area contributed by atoms with Gasteiger partial charge >= 0.3 is 0 Å². The number of para-hydroxylation sites is 2. The molecule has 40 heavy (non-hydrogen) atoms. The predicted molar refractivity (Wildman–Crippen MR) is 151 cm³/mol. The van der Waals surface area contributed by atoms with Gasteiger partial charge in [0.2, 0.25) is 0 Å². The van der Waals surface area contributed by atoms with Crippen molar-refractivity contribution in [1.82, 2.24) is 14.9 Å². The number of rotatable bonds is 5. The summed E-state index contributed by atoms with van der Waals surface area (Å²) in [5.41, 5.74) is 6.37. The number of nitrogens with zero attached hydrogens (tertiary/aromatic N) is 3. The number of imidazole rings is 1. The molecular formula is C32H27FN4O3. The van der Waals surface area contributed by atoms with Crippen LogP contribution in [-0.4, -0.2) is 52.2 Å². The molecule has 1 fully saturated rings. The Morgan fingerprint density at radius 2 is 1.70 bits per heavy atom. The van der Waals surface area contributed by atoms with Crippen molar-refractivity contribution in [2.45, 2.75) is 12.6 Å². The summed E-state index contributed by atoms with van der Waals surface area (Å²) in [7, 11) is 0. The second-order valence-electron chi connectivity index (χ2n) is 10.2. The molecule has 0 bridgehead atoms. The summed E-state index contributed by atoms with van der Waals surface area (Å²) in [6.45, 7) is 3.51. The zero-order chi connectivity index (χ0) is 27.2. The maximum absolute atomic E-state index is 14.4. The van der Waals surface area contributed by atoms with Crippen molar-refractivity contribution in [3.8, 4) is 16.9 Å². The summed E-state index contributed by atoms with van der Waals surface area (Å²) >= 11 is 0. The third-order valence-corrected chi connectivity index (χ3v) is 7.78. The van der Waals surface area contributed by atoms with Gasteiger partial charge in [-0.3, -0.25) is 4.79 Å². The second kappa shape index (κ2) is 9.81. The van der Waals surface area contributed by atoms with Crippen LogP contribution in [0, 0.1) is 5.82 Å². The van der Waals surface area contributed by atoms with Crippen LogP contribution in [0.5, 0.6) is 5.75 Å². The molecule has 1 unspecified atom stereocenters. The summed E-state index contributed by atoms with van der Waals surface area (Å²) in [6.07, 6.45) is 0. The van der Waals surface area contributed by atoms with Gasteiger partial charge in [-0.25, -0.2) is 9.37 Å². The van der Waals surface area contributed by atoms with Crippen LogP contribution in [0.25, 0.3) is 22.2 Å². The Kier molecular flexibility index (Phi) is 5.97. The lowest BCUT2D eigenvalue weighted by molar-refractivity contribution is 0.0723. The lowest BCUT2D eigenvalue weighted by atomic mass is 10.00. The van der Waals surface area contributed by atoms with Gasteiger partial charge in [-0.2, -0.15) is 0 Å². The quantitative estimate of drug-likeness (QED) is 0.304. The van der Waals surface area contributed by atoms with E-state index < -0.39 is 11.9 Å². The zero-order valence-corrected chi connectivity index (χ0v) is 21.7. The van der Waals surface area contributed by atoms with Gasteiger partial charge < -0.3 is 24.6 Å². The third kappa shape index (κ3) is 4.26. The highest BCUT2D eigenvalue weighted by Crippen LogP contribution is 2.40. The molecule has 4 aromatic carbocycles.